The number of hydrogen-bond donors (Lipinski definition) is 0. The summed E-state index contributed by atoms with van der Waals surface area (Å²) in [5.74, 6) is 1.24. The molecule has 2 fully saturated rings. The van der Waals surface area contributed by atoms with Gasteiger partial charge in [0.2, 0.25) is 0 Å². The molecule has 178 valence electrons. The van der Waals surface area contributed by atoms with Crippen LogP contribution in [-0.2, 0) is 0 Å². The quantitative estimate of drug-likeness (QED) is 0.538. The van der Waals surface area contributed by atoms with Crippen molar-refractivity contribution in [2.24, 2.45) is 5.41 Å². The summed E-state index contributed by atoms with van der Waals surface area (Å²) in [6.45, 7) is 2.85. The maximum Gasteiger partial charge on any atom is 0.258 e. The number of methoxy groups -OCH3 is 2. The van der Waals surface area contributed by atoms with Crippen LogP contribution in [0.2, 0.25) is 0 Å². The van der Waals surface area contributed by atoms with Crippen molar-refractivity contribution >= 4 is 46.9 Å². The molecule has 2 aromatic rings. The summed E-state index contributed by atoms with van der Waals surface area (Å²) in [6.07, 6.45) is 6.71. The largest absolute Gasteiger partial charge is 0.497 e. The molecule has 0 saturated carbocycles. The van der Waals surface area contributed by atoms with Gasteiger partial charge in [0.05, 0.1) is 29.6 Å². The Labute approximate surface area is 207 Å². The predicted molar refractivity (Wildman–Crippen MR) is 133 cm³/mol. The first-order chi connectivity index (χ1) is 15.9. The summed E-state index contributed by atoms with van der Waals surface area (Å²) in [4.78, 5) is 30.5. The molecule has 0 radical (unpaired) electrons. The van der Waals surface area contributed by atoms with Gasteiger partial charge in [-0.2, -0.15) is 4.37 Å². The molecule has 0 aliphatic carbocycles. The number of likely N-dealkylation sites (tertiary alicyclic amines) is 2. The van der Waals surface area contributed by atoms with E-state index in [-0.39, 0.29) is 17.2 Å². The van der Waals surface area contributed by atoms with Crippen LogP contribution in [0.3, 0.4) is 0 Å². The molecule has 4 rings (SSSR count). The smallest absolute Gasteiger partial charge is 0.258 e. The van der Waals surface area contributed by atoms with Crippen molar-refractivity contribution < 1.29 is 19.1 Å². The van der Waals surface area contributed by atoms with Gasteiger partial charge >= 0.3 is 0 Å². The van der Waals surface area contributed by atoms with Gasteiger partial charge in [0.1, 0.15) is 16.5 Å². The number of thioether (sulfide) groups is 2. The van der Waals surface area contributed by atoms with Crippen LogP contribution in [0.1, 0.15) is 40.0 Å². The molecule has 0 N–H and O–H groups in total. The average Bonchev–Trinajstić information content (AvgIpc) is 3.47. The van der Waals surface area contributed by atoms with Crippen molar-refractivity contribution in [1.29, 1.82) is 0 Å². The Balaban J connectivity index is 1.43. The Bertz CT molecular complexity index is 1010. The molecule has 33 heavy (non-hydrogen) atoms. The van der Waals surface area contributed by atoms with E-state index in [1.165, 1.54) is 23.3 Å². The highest BCUT2D eigenvalue weighted by Gasteiger charge is 2.44. The van der Waals surface area contributed by atoms with Crippen LogP contribution in [0.4, 0.5) is 0 Å². The van der Waals surface area contributed by atoms with E-state index < -0.39 is 0 Å². The fourth-order valence-corrected chi connectivity index (χ4v) is 6.99. The molecule has 2 aliphatic rings. The lowest BCUT2D eigenvalue weighted by Gasteiger charge is -2.39. The Hall–Kier alpha value is -1.91. The van der Waals surface area contributed by atoms with Crippen molar-refractivity contribution in [2.75, 3.05) is 52.9 Å². The second-order valence-corrected chi connectivity index (χ2v) is 11.0. The standard InChI is InChI=1S/C23H29N3O4S3/c1-29-15-5-6-17(30-2)16(13-15)20(27)25-10-7-23(8-11-25)9-12-26(14-23)21(28)18-19(31-3)24-33-22(18)32-4/h5-6,13H,7-12,14H2,1-4H3. The van der Waals surface area contributed by atoms with Crippen LogP contribution in [0.25, 0.3) is 0 Å². The van der Waals surface area contributed by atoms with Crippen LogP contribution in [-0.4, -0.2) is 78.9 Å². The molecule has 2 saturated heterocycles. The first kappa shape index (κ1) is 24.2. The highest BCUT2D eigenvalue weighted by Crippen LogP contribution is 2.43. The summed E-state index contributed by atoms with van der Waals surface area (Å²) in [6, 6.07) is 5.30. The molecular formula is C23H29N3O4S3. The van der Waals surface area contributed by atoms with Crippen molar-refractivity contribution in [3.05, 3.63) is 29.3 Å². The Morgan fingerprint density at radius 3 is 2.30 bits per heavy atom. The molecule has 0 unspecified atom stereocenters. The lowest BCUT2D eigenvalue weighted by atomic mass is 9.77. The van der Waals surface area contributed by atoms with E-state index in [1.807, 2.05) is 22.3 Å². The van der Waals surface area contributed by atoms with Crippen LogP contribution in [0.5, 0.6) is 11.5 Å². The SMILES string of the molecule is COc1ccc(OC)c(C(=O)N2CCC3(CC2)CCN(C(=O)c2c(SC)nsc2SC)C3)c1. The lowest BCUT2D eigenvalue weighted by Crippen LogP contribution is -2.44. The van der Waals surface area contributed by atoms with E-state index in [0.29, 0.717) is 30.2 Å². The van der Waals surface area contributed by atoms with Crippen molar-refractivity contribution in [2.45, 2.75) is 28.5 Å². The third kappa shape index (κ3) is 4.70. The van der Waals surface area contributed by atoms with Gasteiger partial charge in [-0.1, -0.05) is 0 Å². The summed E-state index contributed by atoms with van der Waals surface area (Å²) in [7, 11) is 3.16. The van der Waals surface area contributed by atoms with Crippen LogP contribution in [0.15, 0.2) is 27.4 Å². The minimum Gasteiger partial charge on any atom is -0.497 e. The molecule has 2 aliphatic heterocycles. The van der Waals surface area contributed by atoms with Crippen molar-refractivity contribution in [3.63, 3.8) is 0 Å². The lowest BCUT2D eigenvalue weighted by molar-refractivity contribution is 0.0561. The number of ether oxygens (including phenoxy) is 2. The van der Waals surface area contributed by atoms with Gasteiger partial charge in [0.25, 0.3) is 11.8 Å². The summed E-state index contributed by atoms with van der Waals surface area (Å²) in [5, 5.41) is 0.822. The van der Waals surface area contributed by atoms with Gasteiger partial charge in [0, 0.05) is 26.2 Å². The zero-order valence-electron chi connectivity index (χ0n) is 19.4. The Morgan fingerprint density at radius 1 is 1.00 bits per heavy atom. The third-order valence-corrected chi connectivity index (χ3v) is 9.44. The van der Waals surface area contributed by atoms with Crippen molar-refractivity contribution in [3.8, 4) is 11.5 Å². The summed E-state index contributed by atoms with van der Waals surface area (Å²) < 4.78 is 16.1. The highest BCUT2D eigenvalue weighted by molar-refractivity contribution is 8.01. The minimum atomic E-state index is -0.0369. The molecule has 0 bridgehead atoms. The van der Waals surface area contributed by atoms with Gasteiger partial charge in [-0.25, -0.2) is 0 Å². The number of carbonyl (C=O) groups is 2. The Morgan fingerprint density at radius 2 is 1.70 bits per heavy atom. The number of amides is 2. The molecule has 0 atom stereocenters. The maximum absolute atomic E-state index is 13.4. The normalized spacial score (nSPS) is 17.5. The average molecular weight is 508 g/mol. The van der Waals surface area contributed by atoms with Crippen LogP contribution in [0, 0.1) is 5.41 Å². The number of hydrogen-bond acceptors (Lipinski definition) is 8. The van der Waals surface area contributed by atoms with Crippen LogP contribution < -0.4 is 9.47 Å². The van der Waals surface area contributed by atoms with Gasteiger partial charge in [-0.15, -0.1) is 23.5 Å². The zero-order chi connectivity index (χ0) is 23.6. The van der Waals surface area contributed by atoms with Gasteiger partial charge in [-0.3, -0.25) is 9.59 Å². The fourth-order valence-electron chi connectivity index (χ4n) is 4.73. The molecule has 1 aromatic carbocycles. The number of nitrogens with zero attached hydrogens (tertiary/aromatic N) is 3. The molecule has 3 heterocycles. The molecule has 2 amide bonds. The first-order valence-corrected chi connectivity index (χ1v) is 14.1. The van der Waals surface area contributed by atoms with E-state index in [0.717, 1.165) is 47.2 Å². The van der Waals surface area contributed by atoms with Gasteiger partial charge in [-0.05, 0) is 66.9 Å². The highest BCUT2D eigenvalue weighted by atomic mass is 32.2. The fraction of sp³-hybridized carbons (Fsp3) is 0.522. The predicted octanol–water partition coefficient (Wildman–Crippen LogP) is 4.37. The number of benzene rings is 1. The second-order valence-electron chi connectivity index (χ2n) is 8.39. The summed E-state index contributed by atoms with van der Waals surface area (Å²) in [5.41, 5.74) is 1.36. The van der Waals surface area contributed by atoms with Crippen LogP contribution >= 0.6 is 35.1 Å². The molecule has 1 spiro atoms. The monoisotopic (exact) mass is 507 g/mol. The molecule has 10 heteroatoms. The zero-order valence-corrected chi connectivity index (χ0v) is 21.8. The van der Waals surface area contributed by atoms with E-state index in [9.17, 15) is 9.59 Å². The molecule has 1 aromatic heterocycles. The number of aromatic nitrogens is 1. The number of piperidine rings is 1. The first-order valence-electron chi connectivity index (χ1n) is 10.8. The van der Waals surface area contributed by atoms with Gasteiger partial charge in [0.15, 0.2) is 0 Å². The summed E-state index contributed by atoms with van der Waals surface area (Å²) >= 11 is 4.52. The minimum absolute atomic E-state index is 0.0369. The molecule has 7 nitrogen and oxygen atoms in total. The van der Waals surface area contributed by atoms with E-state index in [1.54, 1.807) is 44.2 Å². The maximum atomic E-state index is 13.4. The molecular weight excluding hydrogens is 478 g/mol. The van der Waals surface area contributed by atoms with Crippen molar-refractivity contribution in [1.82, 2.24) is 14.2 Å². The van der Waals surface area contributed by atoms with E-state index >= 15 is 0 Å². The Kier molecular flexibility index (Phi) is 7.45. The number of rotatable bonds is 6. The van der Waals surface area contributed by atoms with E-state index in [4.69, 9.17) is 9.47 Å². The number of carbonyl (C=O) groups excluding carboxylic acids is 2. The van der Waals surface area contributed by atoms with Gasteiger partial charge < -0.3 is 19.3 Å². The topological polar surface area (TPSA) is 72.0 Å². The third-order valence-electron chi connectivity index (χ3n) is 6.70. The van der Waals surface area contributed by atoms with E-state index in [2.05, 4.69) is 4.37 Å². The second kappa shape index (κ2) is 10.1.